The average Bonchev–Trinajstić information content (AvgIpc) is 3.63. The Bertz CT molecular complexity index is 1230. The number of sulfonamides is 1. The monoisotopic (exact) mass is 543 g/mol. The number of anilines is 1. The van der Waals surface area contributed by atoms with Crippen molar-refractivity contribution in [1.82, 2.24) is 9.21 Å². The predicted molar refractivity (Wildman–Crippen MR) is 146 cm³/mol. The van der Waals surface area contributed by atoms with Crippen LogP contribution in [-0.4, -0.2) is 55.1 Å². The summed E-state index contributed by atoms with van der Waals surface area (Å²) in [5.41, 5.74) is 1.72. The summed E-state index contributed by atoms with van der Waals surface area (Å²) in [5.74, 6) is 0.00779. The zero-order valence-electron chi connectivity index (χ0n) is 21.8. The molecular formula is C28H37N3O4S2. The molecule has 2 fully saturated rings. The van der Waals surface area contributed by atoms with E-state index in [9.17, 15) is 18.0 Å². The highest BCUT2D eigenvalue weighted by atomic mass is 32.2. The van der Waals surface area contributed by atoms with Gasteiger partial charge in [-0.2, -0.15) is 4.31 Å². The first-order chi connectivity index (χ1) is 17.8. The van der Waals surface area contributed by atoms with E-state index in [1.807, 2.05) is 6.07 Å². The van der Waals surface area contributed by atoms with Crippen molar-refractivity contribution < 1.29 is 18.0 Å². The summed E-state index contributed by atoms with van der Waals surface area (Å²) in [6, 6.07) is 9.59. The Morgan fingerprint density at radius 3 is 2.41 bits per heavy atom. The zero-order chi connectivity index (χ0) is 26.2. The lowest BCUT2D eigenvalue weighted by molar-refractivity contribution is -0.141. The fourth-order valence-corrected chi connectivity index (χ4v) is 8.60. The Morgan fingerprint density at radius 2 is 1.76 bits per heavy atom. The van der Waals surface area contributed by atoms with E-state index in [1.165, 1.54) is 9.18 Å². The first-order valence-electron chi connectivity index (χ1n) is 13.5. The summed E-state index contributed by atoms with van der Waals surface area (Å²) in [5, 5.41) is 2.06. The summed E-state index contributed by atoms with van der Waals surface area (Å²) >= 11 is 1.69. The van der Waals surface area contributed by atoms with Gasteiger partial charge in [0, 0.05) is 49.1 Å². The molecule has 0 bridgehead atoms. The number of aryl methyl sites for hydroxylation is 1. The third kappa shape index (κ3) is 5.22. The molecule has 1 aromatic heterocycles. The molecule has 7 nitrogen and oxygen atoms in total. The predicted octanol–water partition coefficient (Wildman–Crippen LogP) is 4.98. The van der Waals surface area contributed by atoms with Crippen LogP contribution in [-0.2, 0) is 26.0 Å². The fourth-order valence-electron chi connectivity index (χ4n) is 6.30. The van der Waals surface area contributed by atoms with Crippen LogP contribution < -0.4 is 4.90 Å². The standard InChI is InChI=1S/C28H37N3O4S2/c1-20(27-10-6-18-36-27)31(24-8-3-4-9-24)28(33)22-13-16-29(17-14-22)37(34,35)25-11-12-26-23(19-25)7-5-15-30(26)21(2)32/h6,10-12,18-20,22,24H,3-5,7-9,13-17H2,1-2H3/t20-/m1/s1. The molecule has 5 rings (SSSR count). The third-order valence-electron chi connectivity index (χ3n) is 8.34. The molecule has 1 saturated heterocycles. The number of hydrogen-bond acceptors (Lipinski definition) is 5. The lowest BCUT2D eigenvalue weighted by Gasteiger charge is -2.39. The van der Waals surface area contributed by atoms with Gasteiger partial charge in [-0.15, -0.1) is 11.3 Å². The Kier molecular flexibility index (Phi) is 7.75. The highest BCUT2D eigenvalue weighted by Crippen LogP contribution is 2.36. The smallest absolute Gasteiger partial charge is 0.243 e. The summed E-state index contributed by atoms with van der Waals surface area (Å²) in [7, 11) is -3.66. The van der Waals surface area contributed by atoms with Crippen LogP contribution >= 0.6 is 11.3 Å². The van der Waals surface area contributed by atoms with Gasteiger partial charge in [0.1, 0.15) is 0 Å². The second-order valence-electron chi connectivity index (χ2n) is 10.6. The molecule has 0 spiro atoms. The molecule has 1 aliphatic carbocycles. The number of benzene rings is 1. The minimum atomic E-state index is -3.66. The Balaban J connectivity index is 1.29. The van der Waals surface area contributed by atoms with Crippen LogP contribution in [0.4, 0.5) is 5.69 Å². The van der Waals surface area contributed by atoms with Crippen molar-refractivity contribution in [2.75, 3.05) is 24.5 Å². The minimum Gasteiger partial charge on any atom is -0.332 e. The molecule has 1 atom stereocenters. The number of piperidine rings is 1. The molecule has 37 heavy (non-hydrogen) atoms. The number of rotatable bonds is 6. The maximum Gasteiger partial charge on any atom is 0.243 e. The molecule has 2 aromatic rings. The number of nitrogens with zero attached hydrogens (tertiary/aromatic N) is 3. The van der Waals surface area contributed by atoms with Crippen LogP contribution in [0.3, 0.4) is 0 Å². The Hall–Kier alpha value is -2.23. The molecule has 2 amide bonds. The van der Waals surface area contributed by atoms with Crippen LogP contribution in [0.25, 0.3) is 0 Å². The van der Waals surface area contributed by atoms with E-state index in [2.05, 4.69) is 23.3 Å². The quantitative estimate of drug-likeness (QED) is 0.515. The second kappa shape index (κ2) is 10.9. The summed E-state index contributed by atoms with van der Waals surface area (Å²) in [6.45, 7) is 5.03. The van der Waals surface area contributed by atoms with E-state index in [4.69, 9.17) is 0 Å². The molecule has 2 aliphatic heterocycles. The van der Waals surface area contributed by atoms with Crippen LogP contribution in [0, 0.1) is 5.92 Å². The Labute approximate surface area is 224 Å². The normalized spacial score (nSPS) is 20.5. The van der Waals surface area contributed by atoms with Crippen molar-refractivity contribution in [3.05, 3.63) is 46.2 Å². The van der Waals surface area contributed by atoms with Gasteiger partial charge < -0.3 is 9.80 Å². The molecule has 1 saturated carbocycles. The highest BCUT2D eigenvalue weighted by Gasteiger charge is 2.38. The minimum absolute atomic E-state index is 0.0247. The molecular weight excluding hydrogens is 506 g/mol. The molecule has 0 radical (unpaired) electrons. The SMILES string of the molecule is CC(=O)N1CCCc2cc(S(=O)(=O)N3CCC(C(=O)N(C4CCCC4)[C@H](C)c4cccs4)CC3)ccc21. The van der Waals surface area contributed by atoms with Gasteiger partial charge in [0.25, 0.3) is 0 Å². The molecule has 1 aromatic carbocycles. The number of hydrogen-bond donors (Lipinski definition) is 0. The van der Waals surface area contributed by atoms with E-state index < -0.39 is 10.0 Å². The van der Waals surface area contributed by atoms with Crippen molar-refractivity contribution in [1.29, 1.82) is 0 Å². The molecule has 3 heterocycles. The lowest BCUT2D eigenvalue weighted by atomic mass is 9.94. The number of carbonyl (C=O) groups excluding carboxylic acids is 2. The van der Waals surface area contributed by atoms with Crippen LogP contribution in [0.2, 0.25) is 0 Å². The van der Waals surface area contributed by atoms with Gasteiger partial charge in [0.2, 0.25) is 21.8 Å². The van der Waals surface area contributed by atoms with Crippen molar-refractivity contribution >= 4 is 38.9 Å². The topological polar surface area (TPSA) is 78.0 Å². The maximum absolute atomic E-state index is 13.8. The maximum atomic E-state index is 13.8. The summed E-state index contributed by atoms with van der Waals surface area (Å²) in [6.07, 6.45) is 7.09. The number of amides is 2. The van der Waals surface area contributed by atoms with Crippen molar-refractivity contribution in [2.24, 2.45) is 5.92 Å². The van der Waals surface area contributed by atoms with Gasteiger partial charge in [-0.1, -0.05) is 18.9 Å². The first kappa shape index (κ1) is 26.4. The lowest BCUT2D eigenvalue weighted by Crippen LogP contribution is -2.47. The van der Waals surface area contributed by atoms with E-state index in [-0.39, 0.29) is 34.7 Å². The van der Waals surface area contributed by atoms with Gasteiger partial charge in [-0.05, 0) is 80.7 Å². The zero-order valence-corrected chi connectivity index (χ0v) is 23.4. The molecule has 9 heteroatoms. The van der Waals surface area contributed by atoms with E-state index in [0.717, 1.165) is 49.8 Å². The van der Waals surface area contributed by atoms with Gasteiger partial charge >= 0.3 is 0 Å². The summed E-state index contributed by atoms with van der Waals surface area (Å²) < 4.78 is 28.6. The van der Waals surface area contributed by atoms with Gasteiger partial charge in [0.15, 0.2) is 0 Å². The molecule has 0 unspecified atom stereocenters. The largest absolute Gasteiger partial charge is 0.332 e. The van der Waals surface area contributed by atoms with E-state index in [1.54, 1.807) is 41.4 Å². The number of fused-ring (bicyclic) bond motifs is 1. The summed E-state index contributed by atoms with van der Waals surface area (Å²) in [4.78, 5) is 31.1. The van der Waals surface area contributed by atoms with Crippen molar-refractivity contribution in [3.63, 3.8) is 0 Å². The fraction of sp³-hybridized carbons (Fsp3) is 0.571. The van der Waals surface area contributed by atoms with E-state index in [0.29, 0.717) is 32.5 Å². The van der Waals surface area contributed by atoms with Gasteiger partial charge in [-0.3, -0.25) is 9.59 Å². The number of carbonyl (C=O) groups is 2. The molecule has 200 valence electrons. The van der Waals surface area contributed by atoms with Gasteiger partial charge in [0.05, 0.1) is 10.9 Å². The molecule has 3 aliphatic rings. The van der Waals surface area contributed by atoms with Gasteiger partial charge in [-0.25, -0.2) is 8.42 Å². The first-order valence-corrected chi connectivity index (χ1v) is 15.9. The molecule has 0 N–H and O–H groups in total. The third-order valence-corrected chi connectivity index (χ3v) is 11.3. The van der Waals surface area contributed by atoms with Crippen molar-refractivity contribution in [3.8, 4) is 0 Å². The van der Waals surface area contributed by atoms with Crippen LogP contribution in [0.15, 0.2) is 40.6 Å². The Morgan fingerprint density at radius 1 is 1.03 bits per heavy atom. The van der Waals surface area contributed by atoms with Crippen LogP contribution in [0.1, 0.15) is 75.3 Å². The van der Waals surface area contributed by atoms with Crippen LogP contribution in [0.5, 0.6) is 0 Å². The number of thiophene rings is 1. The van der Waals surface area contributed by atoms with Crippen molar-refractivity contribution in [2.45, 2.75) is 82.2 Å². The average molecular weight is 544 g/mol. The highest BCUT2D eigenvalue weighted by molar-refractivity contribution is 7.89. The second-order valence-corrected chi connectivity index (χ2v) is 13.5. The van der Waals surface area contributed by atoms with E-state index >= 15 is 0 Å².